The lowest BCUT2D eigenvalue weighted by atomic mass is 10.0. The molecule has 0 saturated carbocycles. The number of para-hydroxylation sites is 1. The van der Waals surface area contributed by atoms with E-state index in [1.54, 1.807) is 16.8 Å². The highest BCUT2D eigenvalue weighted by atomic mass is 19.1. The van der Waals surface area contributed by atoms with Gasteiger partial charge in [0.05, 0.1) is 11.9 Å². The van der Waals surface area contributed by atoms with Crippen LogP contribution in [0.5, 0.6) is 0 Å². The molecule has 1 atom stereocenters. The topological polar surface area (TPSA) is 47.1 Å². The minimum atomic E-state index is -0.271. The van der Waals surface area contributed by atoms with Gasteiger partial charge in [0.15, 0.2) is 0 Å². The molecule has 1 unspecified atom stereocenters. The Morgan fingerprint density at radius 3 is 2.88 bits per heavy atom. The Hall–Kier alpha value is -2.47. The highest BCUT2D eigenvalue weighted by Gasteiger charge is 2.30. The maximum atomic E-state index is 13.9. The number of likely N-dealkylation sites (tertiary alicyclic amines) is 1. The average Bonchev–Trinajstić information content (AvgIpc) is 3.30. The van der Waals surface area contributed by atoms with Crippen molar-refractivity contribution in [2.75, 3.05) is 6.54 Å². The fraction of sp³-hybridized carbons (Fsp3) is 0.368. The summed E-state index contributed by atoms with van der Waals surface area (Å²) in [5.41, 5.74) is 3.72. The van der Waals surface area contributed by atoms with Crippen LogP contribution in [0.3, 0.4) is 0 Å². The lowest BCUT2D eigenvalue weighted by Gasteiger charge is -2.23. The maximum absolute atomic E-state index is 13.9. The molecule has 1 aromatic carbocycles. The van der Waals surface area contributed by atoms with Crippen molar-refractivity contribution >= 4 is 0 Å². The lowest BCUT2D eigenvalue weighted by molar-refractivity contribution is 0.245. The zero-order chi connectivity index (χ0) is 17.4. The van der Waals surface area contributed by atoms with Gasteiger partial charge in [-0.3, -0.25) is 4.90 Å². The molecule has 1 aliphatic rings. The Bertz CT molecular complexity index is 866. The lowest BCUT2D eigenvalue weighted by Crippen LogP contribution is -2.23. The van der Waals surface area contributed by atoms with E-state index in [4.69, 9.17) is 4.52 Å². The second-order valence-corrected chi connectivity index (χ2v) is 6.61. The van der Waals surface area contributed by atoms with E-state index in [1.165, 1.54) is 11.6 Å². The van der Waals surface area contributed by atoms with Crippen LogP contribution in [-0.4, -0.2) is 26.4 Å². The van der Waals surface area contributed by atoms with Gasteiger partial charge in [0.1, 0.15) is 17.3 Å². The number of benzene rings is 1. The highest BCUT2D eigenvalue weighted by Crippen LogP contribution is 2.36. The minimum absolute atomic E-state index is 0.271. The summed E-state index contributed by atoms with van der Waals surface area (Å²) >= 11 is 0. The van der Waals surface area contributed by atoms with Crippen LogP contribution in [0.25, 0.3) is 5.69 Å². The molecule has 25 heavy (non-hydrogen) atoms. The first-order chi connectivity index (χ1) is 12.1. The summed E-state index contributed by atoms with van der Waals surface area (Å²) in [6, 6.07) is 7.00. The van der Waals surface area contributed by atoms with E-state index < -0.39 is 0 Å². The second-order valence-electron chi connectivity index (χ2n) is 6.61. The Morgan fingerprint density at radius 1 is 1.28 bits per heavy atom. The number of aryl methyl sites for hydroxylation is 2. The molecule has 3 heterocycles. The van der Waals surface area contributed by atoms with Gasteiger partial charge < -0.3 is 4.52 Å². The van der Waals surface area contributed by atoms with Crippen molar-refractivity contribution in [2.24, 2.45) is 0 Å². The number of hydrogen-bond donors (Lipinski definition) is 0. The van der Waals surface area contributed by atoms with Crippen LogP contribution >= 0.6 is 0 Å². The average molecular weight is 340 g/mol. The Kier molecular flexibility index (Phi) is 4.13. The third-order valence-electron chi connectivity index (χ3n) is 4.91. The first kappa shape index (κ1) is 16.0. The van der Waals surface area contributed by atoms with Gasteiger partial charge in [-0.15, -0.1) is 0 Å². The molecule has 1 aliphatic heterocycles. The van der Waals surface area contributed by atoms with Crippen LogP contribution in [0.2, 0.25) is 0 Å². The van der Waals surface area contributed by atoms with Gasteiger partial charge in [0, 0.05) is 29.9 Å². The van der Waals surface area contributed by atoms with E-state index in [0.29, 0.717) is 11.7 Å². The number of hydrogen-bond acceptors (Lipinski definition) is 4. The third kappa shape index (κ3) is 2.98. The van der Waals surface area contributed by atoms with Crippen LogP contribution in [-0.2, 0) is 6.54 Å². The van der Waals surface area contributed by atoms with Crippen molar-refractivity contribution < 1.29 is 8.91 Å². The normalized spacial score (nSPS) is 18.1. The van der Waals surface area contributed by atoms with E-state index in [0.717, 1.165) is 42.9 Å². The van der Waals surface area contributed by atoms with Crippen LogP contribution in [0.1, 0.15) is 41.5 Å². The molecule has 4 rings (SSSR count). The van der Waals surface area contributed by atoms with E-state index in [1.807, 2.05) is 32.3 Å². The third-order valence-corrected chi connectivity index (χ3v) is 4.91. The molecule has 0 spiro atoms. The van der Waals surface area contributed by atoms with Crippen molar-refractivity contribution in [3.8, 4) is 5.69 Å². The predicted molar refractivity (Wildman–Crippen MR) is 91.9 cm³/mol. The molecule has 0 aliphatic carbocycles. The summed E-state index contributed by atoms with van der Waals surface area (Å²) in [6.45, 7) is 5.78. The van der Waals surface area contributed by atoms with Crippen LogP contribution in [0.15, 0.2) is 41.2 Å². The molecule has 1 fully saturated rings. The SMILES string of the molecule is Cc1noc(C)c1C1CCCN1Cc1cnn(-c2ccccc2F)c1. The zero-order valence-electron chi connectivity index (χ0n) is 14.4. The molecule has 3 aromatic rings. The van der Waals surface area contributed by atoms with Gasteiger partial charge in [0.25, 0.3) is 0 Å². The molecule has 0 N–H and O–H groups in total. The quantitative estimate of drug-likeness (QED) is 0.721. The molecule has 0 amide bonds. The molecular formula is C19H21FN4O. The summed E-state index contributed by atoms with van der Waals surface area (Å²) in [7, 11) is 0. The summed E-state index contributed by atoms with van der Waals surface area (Å²) in [4.78, 5) is 2.43. The second kappa shape index (κ2) is 6.44. The molecular weight excluding hydrogens is 319 g/mol. The maximum Gasteiger partial charge on any atom is 0.148 e. The van der Waals surface area contributed by atoms with Crippen molar-refractivity contribution in [2.45, 2.75) is 39.3 Å². The molecule has 130 valence electrons. The molecule has 0 radical (unpaired) electrons. The minimum Gasteiger partial charge on any atom is -0.361 e. The first-order valence-corrected chi connectivity index (χ1v) is 8.59. The molecule has 6 heteroatoms. The number of rotatable bonds is 4. The van der Waals surface area contributed by atoms with Gasteiger partial charge in [-0.2, -0.15) is 5.10 Å². The Morgan fingerprint density at radius 2 is 2.12 bits per heavy atom. The molecule has 1 saturated heterocycles. The summed E-state index contributed by atoms with van der Waals surface area (Å²) < 4.78 is 20.9. The van der Waals surface area contributed by atoms with E-state index in [9.17, 15) is 4.39 Å². The first-order valence-electron chi connectivity index (χ1n) is 8.59. The molecule has 5 nitrogen and oxygen atoms in total. The van der Waals surface area contributed by atoms with Gasteiger partial charge in [-0.05, 0) is 45.4 Å². The monoisotopic (exact) mass is 340 g/mol. The Labute approximate surface area is 146 Å². The van der Waals surface area contributed by atoms with Gasteiger partial charge in [-0.1, -0.05) is 17.3 Å². The smallest absolute Gasteiger partial charge is 0.148 e. The Balaban J connectivity index is 1.55. The number of aromatic nitrogens is 3. The largest absolute Gasteiger partial charge is 0.361 e. The van der Waals surface area contributed by atoms with Crippen molar-refractivity contribution in [3.63, 3.8) is 0 Å². The fourth-order valence-electron chi connectivity index (χ4n) is 3.75. The van der Waals surface area contributed by atoms with E-state index >= 15 is 0 Å². The number of nitrogens with zero attached hydrogens (tertiary/aromatic N) is 4. The standard InChI is InChI=1S/C19H21FN4O/c1-13-19(14(2)25-22-13)18-8-5-9-23(18)11-15-10-21-24(12-15)17-7-4-3-6-16(17)20/h3-4,6-7,10,12,18H,5,8-9,11H2,1-2H3. The van der Waals surface area contributed by atoms with Crippen molar-refractivity contribution in [1.29, 1.82) is 0 Å². The van der Waals surface area contributed by atoms with Gasteiger partial charge in [0.2, 0.25) is 0 Å². The van der Waals surface area contributed by atoms with Crippen molar-refractivity contribution in [3.05, 3.63) is 65.1 Å². The highest BCUT2D eigenvalue weighted by molar-refractivity contribution is 5.33. The summed E-state index contributed by atoms with van der Waals surface area (Å²) in [5.74, 6) is 0.628. The molecule has 2 aromatic heterocycles. The fourth-order valence-corrected chi connectivity index (χ4v) is 3.75. The van der Waals surface area contributed by atoms with E-state index in [-0.39, 0.29) is 5.82 Å². The molecule has 0 bridgehead atoms. The number of halogens is 1. The van der Waals surface area contributed by atoms with Crippen LogP contribution < -0.4 is 0 Å². The summed E-state index contributed by atoms with van der Waals surface area (Å²) in [5, 5.41) is 8.43. The zero-order valence-corrected chi connectivity index (χ0v) is 14.4. The van der Waals surface area contributed by atoms with Gasteiger partial charge in [-0.25, -0.2) is 9.07 Å². The summed E-state index contributed by atoms with van der Waals surface area (Å²) in [6.07, 6.45) is 5.97. The van der Waals surface area contributed by atoms with Crippen molar-refractivity contribution in [1.82, 2.24) is 19.8 Å². The predicted octanol–water partition coefficient (Wildman–Crippen LogP) is 3.95. The van der Waals surface area contributed by atoms with Gasteiger partial charge >= 0.3 is 0 Å². The van der Waals surface area contributed by atoms with Crippen LogP contribution in [0, 0.1) is 19.7 Å². The van der Waals surface area contributed by atoms with Crippen LogP contribution in [0.4, 0.5) is 4.39 Å². The van der Waals surface area contributed by atoms with E-state index in [2.05, 4.69) is 15.2 Å².